The number of aryl methyl sites for hydroxylation is 1. The molecule has 0 N–H and O–H groups in total. The van der Waals surface area contributed by atoms with E-state index >= 15 is 0 Å². The lowest BCUT2D eigenvalue weighted by Crippen LogP contribution is -2.16. The van der Waals surface area contributed by atoms with Gasteiger partial charge in [0, 0.05) is 18.7 Å². The summed E-state index contributed by atoms with van der Waals surface area (Å²) in [7, 11) is 0. The molecule has 22 heavy (non-hydrogen) atoms. The summed E-state index contributed by atoms with van der Waals surface area (Å²) in [5, 5.41) is 7.33. The summed E-state index contributed by atoms with van der Waals surface area (Å²) < 4.78 is 45.7. The molecule has 0 saturated carbocycles. The average Bonchev–Trinajstić information content (AvgIpc) is 3.05. The molecule has 0 unspecified atom stereocenters. The highest BCUT2D eigenvalue weighted by molar-refractivity contribution is 7.97. The van der Waals surface area contributed by atoms with Gasteiger partial charge in [0.05, 0.1) is 12.1 Å². The van der Waals surface area contributed by atoms with Crippen molar-refractivity contribution in [3.8, 4) is 5.88 Å². The molecule has 2 aromatic heterocycles. The van der Waals surface area contributed by atoms with E-state index in [1.807, 2.05) is 0 Å². The van der Waals surface area contributed by atoms with Crippen molar-refractivity contribution in [2.24, 2.45) is 0 Å². The number of carbonyl (C=O) groups excluding carboxylic acids is 1. The summed E-state index contributed by atoms with van der Waals surface area (Å²) in [5.41, 5.74) is -1.39. The zero-order chi connectivity index (χ0) is 16.3. The van der Waals surface area contributed by atoms with Gasteiger partial charge < -0.3 is 4.74 Å². The minimum Gasteiger partial charge on any atom is -0.403 e. The van der Waals surface area contributed by atoms with Gasteiger partial charge in [0.2, 0.25) is 5.88 Å². The summed E-state index contributed by atoms with van der Waals surface area (Å²) in [6.07, 6.45) is -1.49. The van der Waals surface area contributed by atoms with Crippen LogP contribution in [0.3, 0.4) is 0 Å². The zero-order valence-corrected chi connectivity index (χ0v) is 12.6. The first-order valence-electron chi connectivity index (χ1n) is 6.24. The molecule has 0 radical (unpaired) electrons. The highest BCUT2D eigenvalue weighted by atomic mass is 32.2. The number of ether oxygens (including phenoxy) is 1. The van der Waals surface area contributed by atoms with Gasteiger partial charge in [-0.05, 0) is 13.2 Å². The zero-order valence-electron chi connectivity index (χ0n) is 11.8. The molecule has 2 rings (SSSR count). The van der Waals surface area contributed by atoms with Crippen LogP contribution in [0.1, 0.15) is 23.1 Å². The highest BCUT2D eigenvalue weighted by Gasteiger charge is 2.36. The summed E-state index contributed by atoms with van der Waals surface area (Å²) >= 11 is 1.23. The predicted molar refractivity (Wildman–Crippen MR) is 73.6 cm³/mol. The van der Waals surface area contributed by atoms with E-state index in [0.717, 1.165) is 4.68 Å². The number of esters is 1. The number of rotatable bonds is 5. The molecule has 10 heteroatoms. The Hall–Kier alpha value is -1.97. The largest absolute Gasteiger partial charge is 0.435 e. The van der Waals surface area contributed by atoms with Crippen LogP contribution in [0.15, 0.2) is 18.3 Å². The van der Waals surface area contributed by atoms with Crippen molar-refractivity contribution in [3.63, 3.8) is 0 Å². The van der Waals surface area contributed by atoms with E-state index in [1.165, 1.54) is 28.7 Å². The lowest BCUT2D eigenvalue weighted by atomic mass is 10.3. The third-order valence-corrected chi connectivity index (χ3v) is 3.21. The van der Waals surface area contributed by atoms with Crippen LogP contribution < -0.4 is 4.74 Å². The summed E-state index contributed by atoms with van der Waals surface area (Å²) in [5.74, 6) is -0.640. The number of alkyl halides is 3. The molecular weight excluding hydrogens is 321 g/mol. The molecular formula is C12H13F3N4O2S. The number of thioether (sulfide) groups is 1. The molecule has 2 aromatic rings. The van der Waals surface area contributed by atoms with Crippen molar-refractivity contribution < 1.29 is 22.7 Å². The van der Waals surface area contributed by atoms with E-state index in [0.29, 0.717) is 12.6 Å². The Morgan fingerprint density at radius 3 is 2.73 bits per heavy atom. The van der Waals surface area contributed by atoms with Gasteiger partial charge in [0.1, 0.15) is 5.69 Å². The summed E-state index contributed by atoms with van der Waals surface area (Å²) in [4.78, 5) is 12.1. The lowest BCUT2D eigenvalue weighted by molar-refractivity contribution is -0.141. The Bertz CT molecular complexity index is 666. The van der Waals surface area contributed by atoms with Gasteiger partial charge in [-0.1, -0.05) is 0 Å². The van der Waals surface area contributed by atoms with E-state index in [1.54, 1.807) is 13.2 Å². The number of aromatic nitrogens is 4. The first-order valence-corrected chi connectivity index (χ1v) is 7.64. The summed E-state index contributed by atoms with van der Waals surface area (Å²) in [6.45, 7) is 2.26. The van der Waals surface area contributed by atoms with Gasteiger partial charge in [-0.25, -0.2) is 14.2 Å². The molecule has 0 atom stereocenters. The van der Waals surface area contributed by atoms with Crippen LogP contribution in [-0.2, 0) is 18.6 Å². The molecule has 0 saturated heterocycles. The van der Waals surface area contributed by atoms with Crippen LogP contribution >= 0.6 is 11.8 Å². The van der Waals surface area contributed by atoms with Gasteiger partial charge in [0.15, 0.2) is 5.69 Å². The Balaban J connectivity index is 2.30. The van der Waals surface area contributed by atoms with Crippen molar-refractivity contribution in [3.05, 3.63) is 29.7 Å². The number of nitrogens with zero attached hydrogens (tertiary/aromatic N) is 4. The monoisotopic (exact) mass is 334 g/mol. The van der Waals surface area contributed by atoms with Crippen molar-refractivity contribution in [2.45, 2.75) is 25.5 Å². The van der Waals surface area contributed by atoms with E-state index in [-0.39, 0.29) is 17.5 Å². The van der Waals surface area contributed by atoms with E-state index in [9.17, 15) is 18.0 Å². The van der Waals surface area contributed by atoms with E-state index < -0.39 is 17.8 Å². The molecule has 0 amide bonds. The first kappa shape index (κ1) is 16.4. The molecule has 0 bridgehead atoms. The van der Waals surface area contributed by atoms with Crippen molar-refractivity contribution in [1.29, 1.82) is 0 Å². The fraction of sp³-hybridized carbons (Fsp3) is 0.417. The minimum atomic E-state index is -4.62. The van der Waals surface area contributed by atoms with Crippen LogP contribution in [0, 0.1) is 0 Å². The van der Waals surface area contributed by atoms with Crippen LogP contribution in [0.2, 0.25) is 0 Å². The number of hydrogen-bond acceptors (Lipinski definition) is 5. The van der Waals surface area contributed by atoms with Gasteiger partial charge in [0.25, 0.3) is 0 Å². The Labute approximate surface area is 128 Å². The Morgan fingerprint density at radius 2 is 2.14 bits per heavy atom. The first-order chi connectivity index (χ1) is 10.4. The number of halogens is 3. The van der Waals surface area contributed by atoms with Gasteiger partial charge in [-0.2, -0.15) is 23.4 Å². The standard InChI is InChI=1S/C12H13F3N4O2S/c1-3-18-10(4-5-16-18)21-11(20)8-6-9(12(13,14)15)17-19(8)7-22-2/h4-6H,3,7H2,1-2H3. The number of carbonyl (C=O) groups is 1. The average molecular weight is 334 g/mol. The van der Waals surface area contributed by atoms with Crippen LogP contribution in [0.25, 0.3) is 0 Å². The Kier molecular flexibility index (Phi) is 4.79. The Morgan fingerprint density at radius 1 is 1.41 bits per heavy atom. The second-order valence-electron chi connectivity index (χ2n) is 4.20. The molecule has 6 nitrogen and oxygen atoms in total. The fourth-order valence-corrected chi connectivity index (χ4v) is 2.17. The topological polar surface area (TPSA) is 61.9 Å². The SMILES string of the molecule is CCn1nccc1OC(=O)c1cc(C(F)(F)F)nn1CSC. The maximum absolute atomic E-state index is 12.7. The third-order valence-electron chi connectivity index (χ3n) is 2.71. The molecule has 0 fully saturated rings. The van der Waals surface area contributed by atoms with Gasteiger partial charge >= 0.3 is 12.1 Å². The molecule has 0 spiro atoms. The minimum absolute atomic E-state index is 0.105. The maximum Gasteiger partial charge on any atom is 0.435 e. The third kappa shape index (κ3) is 3.43. The van der Waals surface area contributed by atoms with Crippen LogP contribution in [-0.4, -0.2) is 31.8 Å². The predicted octanol–water partition coefficient (Wildman–Crippen LogP) is 2.66. The molecule has 0 aliphatic rings. The maximum atomic E-state index is 12.7. The second-order valence-corrected chi connectivity index (χ2v) is 5.04. The summed E-state index contributed by atoms with van der Waals surface area (Å²) in [6, 6.07) is 2.15. The number of hydrogen-bond donors (Lipinski definition) is 0. The quantitative estimate of drug-likeness (QED) is 0.787. The van der Waals surface area contributed by atoms with Crippen molar-refractivity contribution in [2.75, 3.05) is 6.26 Å². The van der Waals surface area contributed by atoms with Crippen molar-refractivity contribution in [1.82, 2.24) is 19.6 Å². The molecule has 0 aliphatic carbocycles. The van der Waals surface area contributed by atoms with E-state index in [4.69, 9.17) is 4.74 Å². The van der Waals surface area contributed by atoms with E-state index in [2.05, 4.69) is 10.2 Å². The van der Waals surface area contributed by atoms with Crippen LogP contribution in [0.5, 0.6) is 5.88 Å². The molecule has 0 aliphatic heterocycles. The van der Waals surface area contributed by atoms with Gasteiger partial charge in [-0.3, -0.25) is 0 Å². The normalized spacial score (nSPS) is 11.7. The fourth-order valence-electron chi connectivity index (χ4n) is 1.73. The lowest BCUT2D eigenvalue weighted by Gasteiger charge is -2.07. The molecule has 120 valence electrons. The van der Waals surface area contributed by atoms with Crippen LogP contribution in [0.4, 0.5) is 13.2 Å². The second kappa shape index (κ2) is 6.42. The van der Waals surface area contributed by atoms with Gasteiger partial charge in [-0.15, -0.1) is 11.8 Å². The highest BCUT2D eigenvalue weighted by Crippen LogP contribution is 2.29. The smallest absolute Gasteiger partial charge is 0.403 e. The molecule has 2 heterocycles. The van der Waals surface area contributed by atoms with Crippen molar-refractivity contribution >= 4 is 17.7 Å². The molecule has 0 aromatic carbocycles.